The van der Waals surface area contributed by atoms with Gasteiger partial charge in [0.25, 0.3) is 0 Å². The van der Waals surface area contributed by atoms with E-state index in [-0.39, 0.29) is 5.91 Å². The van der Waals surface area contributed by atoms with Gasteiger partial charge in [0.05, 0.1) is 12.2 Å². The van der Waals surface area contributed by atoms with Crippen LogP contribution >= 0.6 is 0 Å². The minimum absolute atomic E-state index is 0.148. The summed E-state index contributed by atoms with van der Waals surface area (Å²) in [7, 11) is 0. The maximum atomic E-state index is 11.9. The van der Waals surface area contributed by atoms with Gasteiger partial charge in [-0.1, -0.05) is 0 Å². The Morgan fingerprint density at radius 2 is 2.00 bits per heavy atom. The van der Waals surface area contributed by atoms with Gasteiger partial charge in [0.15, 0.2) is 0 Å². The number of carbonyl (C=O) groups excluding carboxylic acids is 1. The van der Waals surface area contributed by atoms with Crippen LogP contribution in [0.15, 0.2) is 12.4 Å². The lowest BCUT2D eigenvalue weighted by atomic mass is 10.1. The van der Waals surface area contributed by atoms with Crippen molar-refractivity contribution in [3.63, 3.8) is 0 Å². The van der Waals surface area contributed by atoms with Crippen LogP contribution in [0.4, 0.5) is 5.82 Å². The molecule has 1 aromatic rings. The van der Waals surface area contributed by atoms with Gasteiger partial charge in [0.2, 0.25) is 5.91 Å². The first kappa shape index (κ1) is 11.8. The number of piperidine rings is 1. The third-order valence-electron chi connectivity index (χ3n) is 3.00. The fourth-order valence-electron chi connectivity index (χ4n) is 2.00. The zero-order valence-corrected chi connectivity index (χ0v) is 10.1. The summed E-state index contributed by atoms with van der Waals surface area (Å²) < 4.78 is 0. The number of hydrogen-bond acceptors (Lipinski definition) is 4. The number of nitrogens with zero attached hydrogens (tertiary/aromatic N) is 3. The number of nitrogens with one attached hydrogen (secondary N) is 1. The minimum Gasteiger partial charge on any atom is -0.359 e. The largest absolute Gasteiger partial charge is 0.359 e. The van der Waals surface area contributed by atoms with Gasteiger partial charge in [-0.15, -0.1) is 0 Å². The molecule has 0 unspecified atom stereocenters. The van der Waals surface area contributed by atoms with E-state index in [1.807, 2.05) is 11.8 Å². The van der Waals surface area contributed by atoms with Crippen LogP contribution in [0.3, 0.4) is 0 Å². The Hall–Kier alpha value is -1.65. The van der Waals surface area contributed by atoms with Gasteiger partial charge in [0.1, 0.15) is 5.82 Å². The molecule has 1 aromatic heterocycles. The van der Waals surface area contributed by atoms with E-state index in [0.717, 1.165) is 31.6 Å². The molecule has 17 heavy (non-hydrogen) atoms. The summed E-state index contributed by atoms with van der Waals surface area (Å²) in [5, 5.41) is 3.05. The van der Waals surface area contributed by atoms with E-state index in [2.05, 4.69) is 15.3 Å². The summed E-state index contributed by atoms with van der Waals surface area (Å²) in [5.41, 5.74) is 0.818. The van der Waals surface area contributed by atoms with Gasteiger partial charge in [-0.3, -0.25) is 9.78 Å². The number of aryl methyl sites for hydroxylation is 1. The molecular formula is C12H18N4O. The first-order valence-corrected chi connectivity index (χ1v) is 6.06. The molecule has 0 bridgehead atoms. The molecule has 1 aliphatic heterocycles. The van der Waals surface area contributed by atoms with Gasteiger partial charge in [-0.25, -0.2) is 4.98 Å². The molecule has 2 rings (SSSR count). The summed E-state index contributed by atoms with van der Waals surface area (Å²) in [4.78, 5) is 22.1. The molecule has 0 atom stereocenters. The second-order valence-corrected chi connectivity index (χ2v) is 4.29. The Morgan fingerprint density at radius 3 is 2.71 bits per heavy atom. The van der Waals surface area contributed by atoms with E-state index in [0.29, 0.717) is 12.4 Å². The van der Waals surface area contributed by atoms with Crippen LogP contribution < -0.4 is 5.32 Å². The monoisotopic (exact) mass is 234 g/mol. The molecule has 0 spiro atoms. The predicted molar refractivity (Wildman–Crippen MR) is 65.7 cm³/mol. The van der Waals surface area contributed by atoms with E-state index in [1.54, 1.807) is 12.4 Å². The van der Waals surface area contributed by atoms with Gasteiger partial charge in [-0.05, 0) is 26.2 Å². The summed E-state index contributed by atoms with van der Waals surface area (Å²) in [6.07, 6.45) is 6.75. The zero-order valence-electron chi connectivity index (χ0n) is 10.1. The topological polar surface area (TPSA) is 58.1 Å². The Morgan fingerprint density at radius 1 is 1.29 bits per heavy atom. The van der Waals surface area contributed by atoms with Crippen molar-refractivity contribution in [3.05, 3.63) is 18.1 Å². The zero-order chi connectivity index (χ0) is 12.1. The van der Waals surface area contributed by atoms with Gasteiger partial charge >= 0.3 is 0 Å². The van der Waals surface area contributed by atoms with Crippen LogP contribution in [-0.2, 0) is 4.79 Å². The number of amides is 1. The molecular weight excluding hydrogens is 216 g/mol. The van der Waals surface area contributed by atoms with Crippen LogP contribution in [0.5, 0.6) is 0 Å². The van der Waals surface area contributed by atoms with Crippen molar-refractivity contribution in [1.29, 1.82) is 0 Å². The Kier molecular flexibility index (Phi) is 3.90. The Bertz CT molecular complexity index is 388. The number of anilines is 1. The second-order valence-electron chi connectivity index (χ2n) is 4.29. The van der Waals surface area contributed by atoms with Crippen molar-refractivity contribution in [2.24, 2.45) is 0 Å². The molecule has 0 aliphatic carbocycles. The molecule has 1 N–H and O–H groups in total. The molecule has 1 fully saturated rings. The van der Waals surface area contributed by atoms with Crippen molar-refractivity contribution in [3.8, 4) is 0 Å². The molecule has 5 nitrogen and oxygen atoms in total. The molecule has 1 amide bonds. The van der Waals surface area contributed by atoms with Gasteiger partial charge in [-0.2, -0.15) is 0 Å². The number of hydrogen-bond donors (Lipinski definition) is 1. The summed E-state index contributed by atoms with van der Waals surface area (Å²) in [5.74, 6) is 0.840. The lowest BCUT2D eigenvalue weighted by Crippen LogP contribution is -2.39. The maximum absolute atomic E-state index is 11.9. The molecule has 92 valence electrons. The minimum atomic E-state index is 0.148. The highest BCUT2D eigenvalue weighted by Gasteiger charge is 2.16. The summed E-state index contributed by atoms with van der Waals surface area (Å²) in [6.45, 7) is 3.96. The standard InChI is InChI=1S/C12H18N4O/c1-10-12(14-6-5-13-10)15-9-11(17)16-7-3-2-4-8-16/h5-6H,2-4,7-9H2,1H3,(H,14,15). The highest BCUT2D eigenvalue weighted by Crippen LogP contribution is 2.10. The lowest BCUT2D eigenvalue weighted by molar-refractivity contribution is -0.130. The smallest absolute Gasteiger partial charge is 0.241 e. The fourth-order valence-corrected chi connectivity index (χ4v) is 2.00. The predicted octanol–water partition coefficient (Wildman–Crippen LogP) is 1.21. The number of likely N-dealkylation sites (tertiary alicyclic amines) is 1. The molecule has 2 heterocycles. The van der Waals surface area contributed by atoms with E-state index < -0.39 is 0 Å². The maximum Gasteiger partial charge on any atom is 0.241 e. The fraction of sp³-hybridized carbons (Fsp3) is 0.583. The van der Waals surface area contributed by atoms with E-state index >= 15 is 0 Å². The molecule has 0 radical (unpaired) electrons. The van der Waals surface area contributed by atoms with E-state index in [9.17, 15) is 4.79 Å². The van der Waals surface area contributed by atoms with Gasteiger partial charge in [0, 0.05) is 25.5 Å². The van der Waals surface area contributed by atoms with Crippen molar-refractivity contribution in [2.75, 3.05) is 25.0 Å². The van der Waals surface area contributed by atoms with Gasteiger partial charge < -0.3 is 10.2 Å². The highest BCUT2D eigenvalue weighted by molar-refractivity contribution is 5.80. The van der Waals surface area contributed by atoms with Crippen molar-refractivity contribution in [2.45, 2.75) is 26.2 Å². The molecule has 1 aliphatic rings. The Balaban J connectivity index is 1.85. The highest BCUT2D eigenvalue weighted by atomic mass is 16.2. The van der Waals surface area contributed by atoms with Crippen LogP contribution in [0.25, 0.3) is 0 Å². The molecule has 0 aromatic carbocycles. The normalized spacial score (nSPS) is 15.7. The number of rotatable bonds is 3. The number of aromatic nitrogens is 2. The molecule has 0 saturated carbocycles. The lowest BCUT2D eigenvalue weighted by Gasteiger charge is -2.26. The van der Waals surface area contributed by atoms with Crippen LogP contribution in [0.2, 0.25) is 0 Å². The SMILES string of the molecule is Cc1nccnc1NCC(=O)N1CCCCC1. The van der Waals surface area contributed by atoms with Crippen molar-refractivity contribution < 1.29 is 4.79 Å². The van der Waals surface area contributed by atoms with Crippen LogP contribution in [0, 0.1) is 6.92 Å². The third kappa shape index (κ3) is 3.15. The third-order valence-corrected chi connectivity index (χ3v) is 3.00. The summed E-state index contributed by atoms with van der Waals surface area (Å²) in [6, 6.07) is 0. The molecule has 1 saturated heterocycles. The first-order chi connectivity index (χ1) is 8.27. The van der Waals surface area contributed by atoms with Crippen molar-refractivity contribution in [1.82, 2.24) is 14.9 Å². The summed E-state index contributed by atoms with van der Waals surface area (Å²) >= 11 is 0. The number of carbonyl (C=O) groups is 1. The van der Waals surface area contributed by atoms with Crippen LogP contribution in [-0.4, -0.2) is 40.4 Å². The average Bonchev–Trinajstić information content (AvgIpc) is 2.38. The quantitative estimate of drug-likeness (QED) is 0.854. The first-order valence-electron chi connectivity index (χ1n) is 6.06. The van der Waals surface area contributed by atoms with Crippen LogP contribution in [0.1, 0.15) is 25.0 Å². The van der Waals surface area contributed by atoms with E-state index in [1.165, 1.54) is 6.42 Å². The Labute approximate surface area is 101 Å². The molecule has 5 heteroatoms. The second kappa shape index (κ2) is 5.61. The van der Waals surface area contributed by atoms with E-state index in [4.69, 9.17) is 0 Å². The average molecular weight is 234 g/mol. The van der Waals surface area contributed by atoms with Crippen molar-refractivity contribution >= 4 is 11.7 Å².